The first kappa shape index (κ1) is 22.7. The number of hydrogen-bond donors (Lipinski definition) is 0. The van der Waals surface area contributed by atoms with E-state index < -0.39 is 6.16 Å². The quantitative estimate of drug-likeness (QED) is 0.388. The van der Waals surface area contributed by atoms with Crippen molar-refractivity contribution in [1.29, 1.82) is 0 Å². The van der Waals surface area contributed by atoms with Crippen LogP contribution in [0.25, 0.3) is 0 Å². The van der Waals surface area contributed by atoms with Gasteiger partial charge < -0.3 is 17.9 Å². The van der Waals surface area contributed by atoms with Gasteiger partial charge in [-0.05, 0) is 6.16 Å². The van der Waals surface area contributed by atoms with E-state index in [-0.39, 0.29) is 100 Å². The Labute approximate surface area is 119 Å². The van der Waals surface area contributed by atoms with E-state index in [0.29, 0.717) is 0 Å². The minimum Gasteiger partial charge on any atom is -1.00 e. The van der Waals surface area contributed by atoms with E-state index in [2.05, 4.69) is 0 Å². The fourth-order valence-corrected chi connectivity index (χ4v) is 0. The van der Waals surface area contributed by atoms with Gasteiger partial charge >= 0.3 is 97.3 Å². The summed E-state index contributed by atoms with van der Waals surface area (Å²) in [6.45, 7) is 0. The van der Waals surface area contributed by atoms with Crippen molar-refractivity contribution in [3.8, 4) is 0 Å². The maximum absolute atomic E-state index is 8.33. The number of carbonyl (C=O) groups is 1. The van der Waals surface area contributed by atoms with Crippen LogP contribution in [0.15, 0.2) is 0 Å². The Hall–Kier alpha value is 2.44. The summed E-state index contributed by atoms with van der Waals surface area (Å²) >= 11 is 0. The van der Waals surface area contributed by atoms with Crippen LogP contribution >= 0.6 is 0 Å². The maximum Gasteiger partial charge on any atom is 2.00 e. The molecule has 28 valence electrons. The van der Waals surface area contributed by atoms with Crippen LogP contribution in [-0.2, 0) is 0 Å². The largest absolute Gasteiger partial charge is 2.00 e. The minimum absolute atomic E-state index is 0. The zero-order valence-electron chi connectivity index (χ0n) is 6.43. The second-order valence-electron chi connectivity index (χ2n) is 0.250. The summed E-state index contributed by atoms with van der Waals surface area (Å²) in [6, 6.07) is 0. The SMILES string of the molecule is O=C([O-])[O-].[Ba+2].[H-].[H-].[Li+].[Na+]. The van der Waals surface area contributed by atoms with Crippen LogP contribution in [0.2, 0.25) is 0 Å². The Kier molecular flexibility index (Phi) is 51.2. The van der Waals surface area contributed by atoms with Gasteiger partial charge in [0.25, 0.3) is 0 Å². The van der Waals surface area contributed by atoms with Gasteiger partial charge in [0.2, 0.25) is 0 Å². The number of carboxylic acid groups (broad SMARTS) is 2. The Morgan fingerprint density at radius 1 is 1.43 bits per heavy atom. The van der Waals surface area contributed by atoms with Crippen LogP contribution in [0.5, 0.6) is 0 Å². The molecule has 0 fully saturated rings. The summed E-state index contributed by atoms with van der Waals surface area (Å²) in [5, 5.41) is 16.7. The Morgan fingerprint density at radius 3 is 1.43 bits per heavy atom. The van der Waals surface area contributed by atoms with Crippen LogP contribution in [0, 0.1) is 0 Å². The van der Waals surface area contributed by atoms with Crippen molar-refractivity contribution in [2.75, 3.05) is 0 Å². The monoisotopic (exact) mass is 230 g/mol. The second-order valence-corrected chi connectivity index (χ2v) is 0.250. The van der Waals surface area contributed by atoms with Crippen molar-refractivity contribution >= 4 is 55.0 Å². The van der Waals surface area contributed by atoms with E-state index >= 15 is 0 Å². The predicted molar refractivity (Wildman–Crippen MR) is 13.4 cm³/mol. The first-order valence-corrected chi connectivity index (χ1v) is 0.612. The molecule has 0 spiro atoms. The van der Waals surface area contributed by atoms with Crippen molar-refractivity contribution in [2.24, 2.45) is 0 Å². The molecule has 0 aliphatic heterocycles. The molecule has 0 aromatic rings. The first-order valence-electron chi connectivity index (χ1n) is 0.612. The molecule has 0 unspecified atom stereocenters. The topological polar surface area (TPSA) is 63.2 Å². The van der Waals surface area contributed by atoms with Gasteiger partial charge in [-0.3, -0.25) is 0 Å². The van der Waals surface area contributed by atoms with Crippen molar-refractivity contribution in [3.63, 3.8) is 0 Å². The maximum atomic E-state index is 8.33. The van der Waals surface area contributed by atoms with Crippen LogP contribution < -0.4 is 58.6 Å². The Balaban J connectivity index is -0.00000000450. The summed E-state index contributed by atoms with van der Waals surface area (Å²) in [5.74, 6) is 0. The Bertz CT molecular complexity index is 44.8. The van der Waals surface area contributed by atoms with E-state index in [1.54, 1.807) is 0 Å². The standard InChI is InChI=1S/CH2O3.Ba.Li.Na.2H/c2-1(3)4;;;;;/h(H2,2,3,4);;;;;/q;+2;2*+1;2*-1/p-2. The first-order chi connectivity index (χ1) is 1.73. The second kappa shape index (κ2) is 15.8. The van der Waals surface area contributed by atoms with E-state index in [0.717, 1.165) is 0 Å². The smallest absolute Gasteiger partial charge is 1.00 e. The van der Waals surface area contributed by atoms with Gasteiger partial charge in [-0.1, -0.05) is 0 Å². The molecule has 7 heavy (non-hydrogen) atoms. The van der Waals surface area contributed by atoms with Crippen molar-refractivity contribution in [1.82, 2.24) is 0 Å². The van der Waals surface area contributed by atoms with Gasteiger partial charge in [0.1, 0.15) is 0 Å². The molecule has 0 atom stereocenters. The van der Waals surface area contributed by atoms with Gasteiger partial charge in [-0.15, -0.1) is 0 Å². The normalized spacial score (nSPS) is 3.43. The summed E-state index contributed by atoms with van der Waals surface area (Å²) in [5.41, 5.74) is 0. The van der Waals surface area contributed by atoms with Gasteiger partial charge in [-0.2, -0.15) is 0 Å². The van der Waals surface area contributed by atoms with Crippen LogP contribution in [-0.4, -0.2) is 55.0 Å². The molecule has 0 saturated carbocycles. The van der Waals surface area contributed by atoms with E-state index in [1.165, 1.54) is 0 Å². The number of rotatable bonds is 0. The van der Waals surface area contributed by atoms with Crippen LogP contribution in [0.1, 0.15) is 2.85 Å². The molecule has 0 radical (unpaired) electrons. The van der Waals surface area contributed by atoms with Crippen molar-refractivity contribution < 1.29 is 66.3 Å². The zero-order valence-corrected chi connectivity index (χ0v) is 10.9. The molecule has 0 bridgehead atoms. The third-order valence-corrected chi connectivity index (χ3v) is 0. The molecule has 6 heteroatoms. The summed E-state index contributed by atoms with van der Waals surface area (Å²) < 4.78 is 0. The van der Waals surface area contributed by atoms with Crippen LogP contribution in [0.3, 0.4) is 0 Å². The van der Waals surface area contributed by atoms with Crippen molar-refractivity contribution in [2.45, 2.75) is 0 Å². The predicted octanol–water partition coefficient (Wildman–Crippen LogP) is -8.59. The molecule has 0 N–H and O–H groups in total. The molecule has 0 heterocycles. The number of hydrogen-bond acceptors (Lipinski definition) is 3. The third-order valence-electron chi connectivity index (χ3n) is 0. The molecule has 0 aromatic carbocycles. The molecule has 3 nitrogen and oxygen atoms in total. The average Bonchev–Trinajstić information content (AvgIpc) is 0.811. The van der Waals surface area contributed by atoms with E-state index in [1.807, 2.05) is 0 Å². The fourth-order valence-electron chi connectivity index (χ4n) is 0. The van der Waals surface area contributed by atoms with Gasteiger partial charge in [0, 0.05) is 0 Å². The van der Waals surface area contributed by atoms with Crippen LogP contribution in [0.4, 0.5) is 4.79 Å². The molecule has 0 saturated heterocycles. The molecular formula is CH2BaLiNaO3. The molecule has 0 aromatic heterocycles. The van der Waals surface area contributed by atoms with E-state index in [9.17, 15) is 0 Å². The minimum atomic E-state index is -2.33. The fraction of sp³-hybridized carbons (Fsp3) is 0. The third kappa shape index (κ3) is 58.8. The summed E-state index contributed by atoms with van der Waals surface area (Å²) in [7, 11) is 0. The average molecular weight is 229 g/mol. The summed E-state index contributed by atoms with van der Waals surface area (Å²) in [6.07, 6.45) is -2.33. The molecule has 0 amide bonds. The molecular weight excluding hydrogens is 227 g/mol. The molecule has 0 aliphatic rings. The van der Waals surface area contributed by atoms with Gasteiger partial charge in [0.05, 0.1) is 0 Å². The van der Waals surface area contributed by atoms with E-state index in [4.69, 9.17) is 15.0 Å². The van der Waals surface area contributed by atoms with Gasteiger partial charge in [0.15, 0.2) is 0 Å². The molecule has 0 rings (SSSR count). The van der Waals surface area contributed by atoms with Gasteiger partial charge in [-0.25, -0.2) is 0 Å². The zero-order chi connectivity index (χ0) is 3.58. The number of carbonyl (C=O) groups excluding carboxylic acids is 1. The summed E-state index contributed by atoms with van der Waals surface area (Å²) in [4.78, 5) is 8.33. The van der Waals surface area contributed by atoms with Crippen molar-refractivity contribution in [3.05, 3.63) is 0 Å². The Morgan fingerprint density at radius 2 is 1.43 bits per heavy atom. The molecule has 0 aliphatic carbocycles.